The molecule has 0 aliphatic rings. The van der Waals surface area contributed by atoms with Gasteiger partial charge < -0.3 is 16.4 Å². The van der Waals surface area contributed by atoms with Crippen LogP contribution in [0.3, 0.4) is 0 Å². The third-order valence-electron chi connectivity index (χ3n) is 3.03. The van der Waals surface area contributed by atoms with Gasteiger partial charge >= 0.3 is 6.18 Å². The number of hydrogen-bond acceptors (Lipinski definition) is 7. The number of aromatic nitrogens is 2. The molecule has 7 N–H and O–H groups in total. The average Bonchev–Trinajstić information content (AvgIpc) is 2.55. The fourth-order valence-corrected chi connectivity index (χ4v) is 2.10. The zero-order valence-corrected chi connectivity index (χ0v) is 13.6. The summed E-state index contributed by atoms with van der Waals surface area (Å²) < 4.78 is 38.5. The van der Waals surface area contributed by atoms with Crippen molar-refractivity contribution in [3.05, 3.63) is 40.5 Å². The van der Waals surface area contributed by atoms with Gasteiger partial charge in [0.15, 0.2) is 5.84 Å². The summed E-state index contributed by atoms with van der Waals surface area (Å²) in [5.74, 6) is 4.74. The van der Waals surface area contributed by atoms with E-state index in [1.807, 2.05) is 0 Å². The Labute approximate surface area is 145 Å². The Morgan fingerprint density at radius 1 is 1.32 bits per heavy atom. The topological polar surface area (TPSA) is 126 Å². The van der Waals surface area contributed by atoms with Gasteiger partial charge in [0.1, 0.15) is 11.4 Å². The Morgan fingerprint density at radius 2 is 2.04 bits per heavy atom. The molecule has 0 fully saturated rings. The summed E-state index contributed by atoms with van der Waals surface area (Å²) in [4.78, 5) is 7.46. The zero-order chi connectivity index (χ0) is 18.6. The first-order valence-corrected chi connectivity index (χ1v) is 7.11. The molecule has 0 saturated carbocycles. The number of alkyl halides is 3. The summed E-state index contributed by atoms with van der Waals surface area (Å²) in [7, 11) is 1.33. The molecule has 134 valence electrons. The highest BCUT2D eigenvalue weighted by atomic mass is 35.5. The van der Waals surface area contributed by atoms with Crippen LogP contribution in [0.25, 0.3) is 0 Å². The normalized spacial score (nSPS) is 12.0. The maximum Gasteiger partial charge on any atom is 0.421 e. The van der Waals surface area contributed by atoms with Gasteiger partial charge in [-0.2, -0.15) is 18.2 Å². The molecule has 2 rings (SSSR count). The fourth-order valence-electron chi connectivity index (χ4n) is 1.87. The van der Waals surface area contributed by atoms with Gasteiger partial charge in [0.25, 0.3) is 0 Å². The molecule has 0 aliphatic carbocycles. The second-order valence-electron chi connectivity index (χ2n) is 4.65. The van der Waals surface area contributed by atoms with E-state index < -0.39 is 11.7 Å². The first-order valence-electron chi connectivity index (χ1n) is 6.74. The van der Waals surface area contributed by atoms with Crippen LogP contribution in [-0.4, -0.2) is 22.9 Å². The summed E-state index contributed by atoms with van der Waals surface area (Å²) in [6, 6.07) is 4.65. The van der Waals surface area contributed by atoms with Crippen molar-refractivity contribution in [3.63, 3.8) is 0 Å². The van der Waals surface area contributed by atoms with Gasteiger partial charge in [0.2, 0.25) is 5.95 Å². The number of nitrogens with one attached hydrogen (secondary N) is 3. The highest BCUT2D eigenvalue weighted by Crippen LogP contribution is 2.34. The number of anilines is 3. The van der Waals surface area contributed by atoms with E-state index in [1.165, 1.54) is 13.1 Å². The molecule has 0 atom stereocenters. The Balaban J connectivity index is 2.30. The van der Waals surface area contributed by atoms with Crippen LogP contribution in [0.2, 0.25) is 5.02 Å². The lowest BCUT2D eigenvalue weighted by Crippen LogP contribution is -2.23. The molecule has 0 bridgehead atoms. The van der Waals surface area contributed by atoms with Crippen LogP contribution in [0.4, 0.5) is 30.6 Å². The number of rotatable bonds is 5. The van der Waals surface area contributed by atoms with Gasteiger partial charge in [-0.3, -0.25) is 0 Å². The Kier molecular flexibility index (Phi) is 5.49. The van der Waals surface area contributed by atoms with E-state index in [0.29, 0.717) is 17.4 Å². The van der Waals surface area contributed by atoms with Gasteiger partial charge in [0, 0.05) is 18.8 Å². The van der Waals surface area contributed by atoms with Crippen molar-refractivity contribution in [1.82, 2.24) is 15.5 Å². The van der Waals surface area contributed by atoms with Crippen molar-refractivity contribution in [1.29, 1.82) is 0 Å². The molecule has 1 aromatic carbocycles. The molecule has 8 nitrogen and oxygen atoms in total. The van der Waals surface area contributed by atoms with E-state index in [0.717, 1.165) is 0 Å². The van der Waals surface area contributed by atoms with Crippen molar-refractivity contribution >= 4 is 34.9 Å². The lowest BCUT2D eigenvalue weighted by Gasteiger charge is -2.13. The van der Waals surface area contributed by atoms with Crippen molar-refractivity contribution in [2.45, 2.75) is 6.18 Å². The summed E-state index contributed by atoms with van der Waals surface area (Å²) >= 11 is 6.13. The minimum atomic E-state index is -4.57. The average molecular weight is 375 g/mol. The zero-order valence-electron chi connectivity index (χ0n) is 12.8. The standard InChI is InChI=1S/C13H14ClF3N8/c1-20-11-7(13(15,16)17)5-21-12(23-11)22-9-3-2-6(4-8(9)14)10(18)24-25-19/h2-5,25H,19H2,1H3,(H2,18,24)(H2,20,21,22,23). The van der Waals surface area contributed by atoms with Crippen LogP contribution in [-0.2, 0) is 6.18 Å². The Bertz CT molecular complexity index is 793. The SMILES string of the molecule is CNc1nc(Nc2ccc(/C(N)=N/NN)cc2Cl)ncc1C(F)(F)F. The lowest BCUT2D eigenvalue weighted by molar-refractivity contribution is -0.137. The van der Waals surface area contributed by atoms with Crippen LogP contribution >= 0.6 is 11.6 Å². The second-order valence-corrected chi connectivity index (χ2v) is 5.06. The van der Waals surface area contributed by atoms with Crippen molar-refractivity contribution < 1.29 is 13.2 Å². The fraction of sp³-hybridized carbons (Fsp3) is 0.154. The van der Waals surface area contributed by atoms with Crippen LogP contribution in [0.15, 0.2) is 29.5 Å². The monoisotopic (exact) mass is 374 g/mol. The molecular weight excluding hydrogens is 361 g/mol. The minimum absolute atomic E-state index is 0.0581. The largest absolute Gasteiger partial charge is 0.421 e. The van der Waals surface area contributed by atoms with E-state index in [9.17, 15) is 13.2 Å². The summed E-state index contributed by atoms with van der Waals surface area (Å²) in [5, 5.41) is 8.97. The van der Waals surface area contributed by atoms with E-state index >= 15 is 0 Å². The maximum absolute atomic E-state index is 12.8. The Morgan fingerprint density at radius 3 is 2.60 bits per heavy atom. The Hall–Kier alpha value is -2.79. The number of nitrogens with zero attached hydrogens (tertiary/aromatic N) is 3. The smallest absolute Gasteiger partial charge is 0.382 e. The molecule has 1 heterocycles. The number of hydrogen-bond donors (Lipinski definition) is 5. The summed E-state index contributed by atoms with van der Waals surface area (Å²) in [5.41, 5.74) is 7.62. The first-order chi connectivity index (χ1) is 11.8. The van der Waals surface area contributed by atoms with E-state index in [4.69, 9.17) is 23.2 Å². The first kappa shape index (κ1) is 18.5. The molecule has 0 radical (unpaired) electrons. The van der Waals surface area contributed by atoms with E-state index in [1.54, 1.807) is 12.1 Å². The number of amidine groups is 1. The van der Waals surface area contributed by atoms with E-state index in [-0.39, 0.29) is 22.6 Å². The quantitative estimate of drug-likeness (QED) is 0.234. The van der Waals surface area contributed by atoms with Crippen molar-refractivity contribution in [2.75, 3.05) is 17.7 Å². The third-order valence-corrected chi connectivity index (χ3v) is 3.34. The summed E-state index contributed by atoms with van der Waals surface area (Å²) in [6.07, 6.45) is -3.88. The van der Waals surface area contributed by atoms with Crippen LogP contribution in [0.5, 0.6) is 0 Å². The highest BCUT2D eigenvalue weighted by molar-refractivity contribution is 6.33. The van der Waals surface area contributed by atoms with Crippen LogP contribution in [0, 0.1) is 0 Å². The highest BCUT2D eigenvalue weighted by Gasteiger charge is 2.35. The third kappa shape index (κ3) is 4.39. The maximum atomic E-state index is 12.8. The number of benzene rings is 1. The van der Waals surface area contributed by atoms with Gasteiger partial charge in [-0.1, -0.05) is 11.6 Å². The van der Waals surface area contributed by atoms with Gasteiger partial charge in [-0.05, 0) is 18.2 Å². The number of nitrogens with two attached hydrogens (primary N) is 2. The molecule has 0 saturated heterocycles. The van der Waals surface area contributed by atoms with Gasteiger partial charge in [-0.25, -0.2) is 16.4 Å². The number of hydrazone groups is 1. The minimum Gasteiger partial charge on any atom is -0.382 e. The molecule has 2 aromatic rings. The molecule has 25 heavy (non-hydrogen) atoms. The molecule has 12 heteroatoms. The number of hydrazine groups is 1. The van der Waals surface area contributed by atoms with Gasteiger partial charge in [-0.15, -0.1) is 5.10 Å². The van der Waals surface area contributed by atoms with E-state index in [2.05, 4.69) is 31.2 Å². The molecule has 0 aliphatic heterocycles. The molecule has 1 aromatic heterocycles. The van der Waals surface area contributed by atoms with Gasteiger partial charge in [0.05, 0.1) is 10.7 Å². The van der Waals surface area contributed by atoms with Crippen LogP contribution in [0.1, 0.15) is 11.1 Å². The molecule has 0 spiro atoms. The lowest BCUT2D eigenvalue weighted by atomic mass is 10.2. The molecule has 0 amide bonds. The summed E-state index contributed by atoms with van der Waals surface area (Å²) in [6.45, 7) is 0. The second kappa shape index (κ2) is 7.40. The molecule has 0 unspecified atom stereocenters. The van der Waals surface area contributed by atoms with Crippen molar-refractivity contribution in [3.8, 4) is 0 Å². The van der Waals surface area contributed by atoms with Crippen molar-refractivity contribution in [2.24, 2.45) is 16.7 Å². The molecular formula is C13H14ClF3N8. The van der Waals surface area contributed by atoms with Crippen LogP contribution < -0.4 is 27.7 Å². The predicted molar refractivity (Wildman–Crippen MR) is 89.4 cm³/mol. The number of halogens is 4. The predicted octanol–water partition coefficient (Wildman–Crippen LogP) is 2.02.